The Morgan fingerprint density at radius 3 is 2.84 bits per heavy atom. The highest BCUT2D eigenvalue weighted by molar-refractivity contribution is 6.30. The van der Waals surface area contributed by atoms with Gasteiger partial charge in [0.1, 0.15) is 6.61 Å². The van der Waals surface area contributed by atoms with Crippen LogP contribution < -0.4 is 10.2 Å². The number of hydrogen-bond donors (Lipinski definition) is 1. The monoisotopic (exact) mass is 448 g/mol. The molecule has 0 bridgehead atoms. The second kappa shape index (κ2) is 8.84. The summed E-state index contributed by atoms with van der Waals surface area (Å²) in [7, 11) is 0. The van der Waals surface area contributed by atoms with E-state index in [1.54, 1.807) is 18.5 Å². The number of carbonyl (C=O) groups excluding carboxylic acids is 1. The van der Waals surface area contributed by atoms with Crippen LogP contribution in [0, 0.1) is 5.82 Å². The number of alkyl halides is 1. The molecule has 2 atom stereocenters. The van der Waals surface area contributed by atoms with E-state index in [0.717, 1.165) is 16.8 Å². The van der Waals surface area contributed by atoms with Crippen LogP contribution in [0.1, 0.15) is 25.1 Å². The SMILES string of the molecule is C[C@H](Nc1ncc(F)c(N2C(=O)OC[C@H]2CCF)n1)c1cn(-c2ccc(Cl)cc2)cn1. The molecule has 3 aromatic rings. The summed E-state index contributed by atoms with van der Waals surface area (Å²) >= 11 is 5.93. The number of amides is 1. The van der Waals surface area contributed by atoms with Crippen molar-refractivity contribution >= 4 is 29.5 Å². The van der Waals surface area contributed by atoms with Crippen molar-refractivity contribution in [1.29, 1.82) is 0 Å². The van der Waals surface area contributed by atoms with Crippen LogP contribution in [0.2, 0.25) is 5.02 Å². The molecule has 4 rings (SSSR count). The number of ether oxygens (including phenoxy) is 1. The molecule has 1 aromatic carbocycles. The Balaban J connectivity index is 1.53. The van der Waals surface area contributed by atoms with Gasteiger partial charge in [-0.2, -0.15) is 4.98 Å². The number of hydrogen-bond acceptors (Lipinski definition) is 6. The lowest BCUT2D eigenvalue weighted by Gasteiger charge is -2.20. The Kier molecular flexibility index (Phi) is 5.99. The van der Waals surface area contributed by atoms with Crippen molar-refractivity contribution in [2.75, 3.05) is 23.5 Å². The van der Waals surface area contributed by atoms with Crippen LogP contribution in [0.25, 0.3) is 5.69 Å². The average molecular weight is 449 g/mol. The Labute approximate surface area is 181 Å². The molecule has 0 radical (unpaired) electrons. The third-order valence-electron chi connectivity index (χ3n) is 4.87. The Morgan fingerprint density at radius 1 is 1.32 bits per heavy atom. The van der Waals surface area contributed by atoms with Crippen molar-refractivity contribution in [3.8, 4) is 5.69 Å². The number of nitrogens with zero attached hydrogens (tertiary/aromatic N) is 5. The fourth-order valence-electron chi connectivity index (χ4n) is 3.24. The minimum absolute atomic E-state index is 0.0203. The lowest BCUT2D eigenvalue weighted by atomic mass is 10.2. The summed E-state index contributed by atoms with van der Waals surface area (Å²) in [6.45, 7) is 1.16. The van der Waals surface area contributed by atoms with Gasteiger partial charge in [0.15, 0.2) is 11.6 Å². The summed E-state index contributed by atoms with van der Waals surface area (Å²) < 4.78 is 33.9. The van der Waals surface area contributed by atoms with E-state index in [0.29, 0.717) is 10.7 Å². The number of aromatic nitrogens is 4. The number of rotatable bonds is 7. The third-order valence-corrected chi connectivity index (χ3v) is 5.13. The van der Waals surface area contributed by atoms with Crippen molar-refractivity contribution < 1.29 is 18.3 Å². The van der Waals surface area contributed by atoms with Gasteiger partial charge in [-0.05, 0) is 31.2 Å². The van der Waals surface area contributed by atoms with Crippen molar-refractivity contribution in [3.63, 3.8) is 0 Å². The molecule has 0 unspecified atom stereocenters. The van der Waals surface area contributed by atoms with E-state index in [1.165, 1.54) is 0 Å². The molecule has 1 aliphatic heterocycles. The topological polar surface area (TPSA) is 85.2 Å². The van der Waals surface area contributed by atoms with Gasteiger partial charge in [0.2, 0.25) is 5.95 Å². The molecule has 1 fully saturated rings. The summed E-state index contributed by atoms with van der Waals surface area (Å²) in [4.78, 5) is 25.5. The van der Waals surface area contributed by atoms with Gasteiger partial charge in [0.25, 0.3) is 0 Å². The van der Waals surface area contributed by atoms with E-state index in [1.807, 2.05) is 29.8 Å². The van der Waals surface area contributed by atoms with Gasteiger partial charge in [-0.15, -0.1) is 0 Å². The summed E-state index contributed by atoms with van der Waals surface area (Å²) in [6.07, 6.45) is 3.71. The van der Waals surface area contributed by atoms with Crippen LogP contribution in [0.5, 0.6) is 0 Å². The lowest BCUT2D eigenvalue weighted by molar-refractivity contribution is 0.178. The highest BCUT2D eigenvalue weighted by Crippen LogP contribution is 2.27. The minimum Gasteiger partial charge on any atom is -0.447 e. The van der Waals surface area contributed by atoms with Crippen molar-refractivity contribution in [3.05, 3.63) is 59.5 Å². The smallest absolute Gasteiger partial charge is 0.416 e. The van der Waals surface area contributed by atoms with Gasteiger partial charge in [-0.25, -0.2) is 19.2 Å². The lowest BCUT2D eigenvalue weighted by Crippen LogP contribution is -2.35. The number of anilines is 2. The van der Waals surface area contributed by atoms with Crippen LogP contribution in [-0.2, 0) is 4.74 Å². The van der Waals surface area contributed by atoms with Crippen LogP contribution in [-0.4, -0.2) is 44.9 Å². The molecule has 0 spiro atoms. The fourth-order valence-corrected chi connectivity index (χ4v) is 3.36. The molecule has 8 nitrogen and oxygen atoms in total. The van der Waals surface area contributed by atoms with Gasteiger partial charge < -0.3 is 14.6 Å². The summed E-state index contributed by atoms with van der Waals surface area (Å²) in [6, 6.07) is 6.35. The molecule has 1 N–H and O–H groups in total. The molecular formula is C20H19ClF2N6O2. The standard InChI is InChI=1S/C20H19ClF2N6O2/c1-12(17-9-28(11-25-17)14-4-2-13(21)3-5-14)26-19-24-8-16(23)18(27-19)29-15(6-7-22)10-31-20(29)30/h2-5,8-9,11-12,15H,6-7,10H2,1H3,(H,24,26,27)/t12-,15+/m0/s1. The van der Waals surface area contributed by atoms with E-state index in [9.17, 15) is 13.6 Å². The second-order valence-electron chi connectivity index (χ2n) is 6.99. The van der Waals surface area contributed by atoms with E-state index in [2.05, 4.69) is 20.3 Å². The normalized spacial score (nSPS) is 17.0. The van der Waals surface area contributed by atoms with Gasteiger partial charge in [0.05, 0.1) is 37.0 Å². The zero-order valence-corrected chi connectivity index (χ0v) is 17.3. The molecule has 162 valence electrons. The van der Waals surface area contributed by atoms with E-state index < -0.39 is 24.6 Å². The van der Waals surface area contributed by atoms with Crippen molar-refractivity contribution in [2.24, 2.45) is 0 Å². The Hall–Kier alpha value is -3.27. The molecule has 2 aromatic heterocycles. The fraction of sp³-hybridized carbons (Fsp3) is 0.300. The van der Waals surface area contributed by atoms with Gasteiger partial charge >= 0.3 is 6.09 Å². The number of nitrogens with one attached hydrogen (secondary N) is 1. The number of cyclic esters (lactones) is 1. The summed E-state index contributed by atoms with van der Waals surface area (Å²) in [5.74, 6) is -0.950. The predicted molar refractivity (Wildman–Crippen MR) is 111 cm³/mol. The van der Waals surface area contributed by atoms with Crippen LogP contribution in [0.15, 0.2) is 43.0 Å². The largest absolute Gasteiger partial charge is 0.447 e. The number of halogens is 3. The van der Waals surface area contributed by atoms with E-state index in [4.69, 9.17) is 16.3 Å². The minimum atomic E-state index is -0.798. The molecule has 1 saturated heterocycles. The van der Waals surface area contributed by atoms with Gasteiger partial charge in [-0.3, -0.25) is 9.29 Å². The number of benzene rings is 1. The second-order valence-corrected chi connectivity index (χ2v) is 7.43. The van der Waals surface area contributed by atoms with E-state index >= 15 is 0 Å². The first kappa shape index (κ1) is 21.0. The maximum Gasteiger partial charge on any atom is 0.416 e. The quantitative estimate of drug-likeness (QED) is 0.579. The third kappa shape index (κ3) is 4.43. The predicted octanol–water partition coefficient (Wildman–Crippen LogP) is 4.31. The first-order valence-corrected chi connectivity index (χ1v) is 9.95. The number of imidazole rings is 1. The first-order valence-electron chi connectivity index (χ1n) is 9.57. The van der Waals surface area contributed by atoms with Gasteiger partial charge in [0, 0.05) is 23.3 Å². The maximum absolute atomic E-state index is 14.4. The van der Waals surface area contributed by atoms with Crippen LogP contribution in [0.3, 0.4) is 0 Å². The molecule has 11 heteroatoms. The zero-order chi connectivity index (χ0) is 22.0. The molecular weight excluding hydrogens is 430 g/mol. The Bertz CT molecular complexity index is 1080. The molecule has 3 heterocycles. The van der Waals surface area contributed by atoms with Crippen LogP contribution >= 0.6 is 11.6 Å². The Morgan fingerprint density at radius 2 is 2.10 bits per heavy atom. The van der Waals surface area contributed by atoms with E-state index in [-0.39, 0.29) is 30.8 Å². The highest BCUT2D eigenvalue weighted by Gasteiger charge is 2.37. The zero-order valence-electron chi connectivity index (χ0n) is 16.5. The van der Waals surface area contributed by atoms with Gasteiger partial charge in [-0.1, -0.05) is 11.6 Å². The van der Waals surface area contributed by atoms with Crippen LogP contribution in [0.4, 0.5) is 25.3 Å². The highest BCUT2D eigenvalue weighted by atomic mass is 35.5. The molecule has 1 aliphatic rings. The first-order chi connectivity index (χ1) is 15.0. The van der Waals surface area contributed by atoms with Crippen molar-refractivity contribution in [1.82, 2.24) is 19.5 Å². The summed E-state index contributed by atoms with van der Waals surface area (Å²) in [5.41, 5.74) is 1.59. The maximum atomic E-state index is 14.4. The molecule has 31 heavy (non-hydrogen) atoms. The average Bonchev–Trinajstić information content (AvgIpc) is 3.38. The molecule has 0 aliphatic carbocycles. The van der Waals surface area contributed by atoms with Crippen molar-refractivity contribution in [2.45, 2.75) is 25.4 Å². The number of carbonyl (C=O) groups is 1. The molecule has 0 saturated carbocycles. The summed E-state index contributed by atoms with van der Waals surface area (Å²) in [5, 5.41) is 3.68. The molecule has 1 amide bonds.